The zero-order valence-electron chi connectivity index (χ0n) is 17.2. The number of furan rings is 1. The van der Waals surface area contributed by atoms with E-state index in [1.54, 1.807) is 12.1 Å². The van der Waals surface area contributed by atoms with Crippen LogP contribution in [-0.2, 0) is 14.8 Å². The molecule has 166 valence electrons. The number of benzene rings is 1. The quantitative estimate of drug-likeness (QED) is 0.673. The summed E-state index contributed by atoms with van der Waals surface area (Å²) < 4.78 is 38.3. The van der Waals surface area contributed by atoms with E-state index in [1.165, 1.54) is 36.5 Å². The zero-order valence-corrected chi connectivity index (χ0v) is 18.0. The van der Waals surface area contributed by atoms with Crippen molar-refractivity contribution in [3.63, 3.8) is 0 Å². The molecule has 1 saturated heterocycles. The van der Waals surface area contributed by atoms with Gasteiger partial charge in [0.15, 0.2) is 5.76 Å². The predicted molar refractivity (Wildman–Crippen MR) is 112 cm³/mol. The third kappa shape index (κ3) is 4.75. The molecule has 1 saturated carbocycles. The van der Waals surface area contributed by atoms with Gasteiger partial charge in [-0.3, -0.25) is 9.59 Å². The van der Waals surface area contributed by atoms with Gasteiger partial charge in [0.2, 0.25) is 15.9 Å². The first kappa shape index (κ1) is 21.4. The average molecular weight is 448 g/mol. The summed E-state index contributed by atoms with van der Waals surface area (Å²) in [5.41, 5.74) is 0.238. The largest absolute Gasteiger partial charge is 0.495 e. The number of rotatable bonds is 7. The molecule has 1 unspecified atom stereocenters. The second-order valence-corrected chi connectivity index (χ2v) is 9.45. The topological polar surface area (TPSA) is 118 Å². The van der Waals surface area contributed by atoms with Crippen LogP contribution in [0, 0.1) is 0 Å². The lowest BCUT2D eigenvalue weighted by atomic mass is 10.0. The first-order valence-electron chi connectivity index (χ1n) is 10.2. The molecule has 1 aliphatic carbocycles. The van der Waals surface area contributed by atoms with Crippen molar-refractivity contribution in [2.24, 2.45) is 0 Å². The van der Waals surface area contributed by atoms with Crippen molar-refractivity contribution in [1.29, 1.82) is 0 Å². The van der Waals surface area contributed by atoms with Gasteiger partial charge in [0.05, 0.1) is 24.0 Å². The summed E-state index contributed by atoms with van der Waals surface area (Å²) in [6.45, 7) is 0.439. The number of piperidine rings is 1. The van der Waals surface area contributed by atoms with E-state index in [2.05, 4.69) is 10.0 Å². The van der Waals surface area contributed by atoms with Crippen LogP contribution >= 0.6 is 0 Å². The Bertz CT molecular complexity index is 1060. The number of hydrogen-bond donors (Lipinski definition) is 2. The summed E-state index contributed by atoms with van der Waals surface area (Å²) in [5.74, 6) is -0.237. The first-order chi connectivity index (χ1) is 14.9. The maximum absolute atomic E-state index is 13.1. The van der Waals surface area contributed by atoms with Gasteiger partial charge in [-0.15, -0.1) is 0 Å². The number of carbonyl (C=O) groups is 2. The maximum Gasteiger partial charge on any atom is 0.290 e. The lowest BCUT2D eigenvalue weighted by Gasteiger charge is -2.34. The highest BCUT2D eigenvalue weighted by atomic mass is 32.2. The van der Waals surface area contributed by atoms with Crippen molar-refractivity contribution in [1.82, 2.24) is 9.62 Å². The fraction of sp³-hybridized carbons (Fsp3) is 0.429. The molecule has 31 heavy (non-hydrogen) atoms. The van der Waals surface area contributed by atoms with Gasteiger partial charge in [-0.05, 0) is 62.4 Å². The molecule has 10 heteroatoms. The van der Waals surface area contributed by atoms with Crippen LogP contribution in [-0.4, -0.2) is 50.9 Å². The van der Waals surface area contributed by atoms with Crippen molar-refractivity contribution < 1.29 is 27.2 Å². The number of likely N-dealkylation sites (tertiary alicyclic amines) is 1. The van der Waals surface area contributed by atoms with Crippen molar-refractivity contribution in [3.8, 4) is 5.75 Å². The Balaban J connectivity index is 1.56. The Labute approximate surface area is 180 Å². The van der Waals surface area contributed by atoms with Crippen LogP contribution in [0.15, 0.2) is 45.9 Å². The molecule has 2 aromatic rings. The number of nitrogens with one attached hydrogen (secondary N) is 2. The SMILES string of the molecule is COc1ccc(S(=O)(=O)NC2CC2)cc1NC(=O)C1CCCCN1C(=O)c1ccco1. The van der Waals surface area contributed by atoms with Crippen molar-refractivity contribution >= 4 is 27.5 Å². The van der Waals surface area contributed by atoms with Crippen LogP contribution in [0.3, 0.4) is 0 Å². The average Bonchev–Trinajstić information content (AvgIpc) is 3.39. The van der Waals surface area contributed by atoms with Gasteiger partial charge in [0, 0.05) is 12.6 Å². The predicted octanol–water partition coefficient (Wildman–Crippen LogP) is 2.36. The summed E-state index contributed by atoms with van der Waals surface area (Å²) in [6, 6.07) is 6.78. The smallest absolute Gasteiger partial charge is 0.290 e. The fourth-order valence-electron chi connectivity index (χ4n) is 3.65. The molecule has 0 radical (unpaired) electrons. The molecule has 1 aromatic heterocycles. The Morgan fingerprint density at radius 3 is 2.65 bits per heavy atom. The van der Waals surface area contributed by atoms with Crippen molar-refractivity contribution in [2.45, 2.75) is 49.1 Å². The van der Waals surface area contributed by atoms with E-state index in [0.717, 1.165) is 25.7 Å². The minimum Gasteiger partial charge on any atom is -0.495 e. The van der Waals surface area contributed by atoms with Crippen LogP contribution < -0.4 is 14.8 Å². The monoisotopic (exact) mass is 447 g/mol. The van der Waals surface area contributed by atoms with E-state index in [0.29, 0.717) is 18.7 Å². The second kappa shape index (κ2) is 8.72. The minimum atomic E-state index is -3.69. The molecule has 1 atom stereocenters. The minimum absolute atomic E-state index is 0.0337. The fourth-order valence-corrected chi connectivity index (χ4v) is 4.98. The Hall–Kier alpha value is -2.85. The molecule has 2 aliphatic rings. The van der Waals surface area contributed by atoms with E-state index in [1.807, 2.05) is 0 Å². The summed E-state index contributed by atoms with van der Waals surface area (Å²) in [5, 5.41) is 2.76. The van der Waals surface area contributed by atoms with E-state index in [9.17, 15) is 18.0 Å². The summed E-state index contributed by atoms with van der Waals surface area (Å²) >= 11 is 0. The Morgan fingerprint density at radius 1 is 1.16 bits per heavy atom. The molecule has 4 rings (SSSR count). The second-order valence-electron chi connectivity index (χ2n) is 7.73. The number of carbonyl (C=O) groups excluding carboxylic acids is 2. The third-order valence-electron chi connectivity index (χ3n) is 5.44. The van der Waals surface area contributed by atoms with E-state index >= 15 is 0 Å². The van der Waals surface area contributed by atoms with Gasteiger partial charge in [-0.25, -0.2) is 13.1 Å². The molecule has 0 spiro atoms. The number of sulfonamides is 1. The van der Waals surface area contributed by atoms with Crippen LogP contribution in [0.5, 0.6) is 5.75 Å². The maximum atomic E-state index is 13.1. The van der Waals surface area contributed by atoms with E-state index in [-0.39, 0.29) is 28.3 Å². The summed E-state index contributed by atoms with van der Waals surface area (Å²) in [4.78, 5) is 27.4. The molecule has 2 heterocycles. The van der Waals surface area contributed by atoms with Gasteiger partial charge in [-0.2, -0.15) is 0 Å². The molecular weight excluding hydrogens is 422 g/mol. The lowest BCUT2D eigenvalue weighted by molar-refractivity contribution is -0.121. The van der Waals surface area contributed by atoms with Crippen LogP contribution in [0.2, 0.25) is 0 Å². The Kier molecular flexibility index (Phi) is 6.01. The van der Waals surface area contributed by atoms with Crippen LogP contribution in [0.4, 0.5) is 5.69 Å². The van der Waals surface area contributed by atoms with Gasteiger partial charge >= 0.3 is 0 Å². The molecule has 2 N–H and O–H groups in total. The lowest BCUT2D eigenvalue weighted by Crippen LogP contribution is -2.50. The number of anilines is 1. The summed E-state index contributed by atoms with van der Waals surface area (Å²) in [6.07, 6.45) is 5.15. The number of methoxy groups -OCH3 is 1. The molecule has 1 aliphatic heterocycles. The number of ether oxygens (including phenoxy) is 1. The molecule has 2 fully saturated rings. The number of nitrogens with zero attached hydrogens (tertiary/aromatic N) is 1. The first-order valence-corrected chi connectivity index (χ1v) is 11.7. The Morgan fingerprint density at radius 2 is 1.97 bits per heavy atom. The van der Waals surface area contributed by atoms with Gasteiger partial charge in [0.25, 0.3) is 5.91 Å². The van der Waals surface area contributed by atoms with E-state index in [4.69, 9.17) is 9.15 Å². The van der Waals surface area contributed by atoms with Gasteiger partial charge < -0.3 is 19.4 Å². The van der Waals surface area contributed by atoms with E-state index < -0.39 is 22.0 Å². The van der Waals surface area contributed by atoms with Crippen molar-refractivity contribution in [2.75, 3.05) is 19.0 Å². The highest BCUT2D eigenvalue weighted by molar-refractivity contribution is 7.89. The molecule has 9 nitrogen and oxygen atoms in total. The van der Waals surface area contributed by atoms with Gasteiger partial charge in [0.1, 0.15) is 11.8 Å². The standard InChI is InChI=1S/C21H25N3O6S/c1-29-18-10-9-15(31(27,28)23-14-7-8-14)13-16(18)22-20(25)17-5-2-3-11-24(17)21(26)19-6-4-12-30-19/h4,6,9-10,12-14,17,23H,2-3,5,7-8,11H2,1H3,(H,22,25). The highest BCUT2D eigenvalue weighted by Crippen LogP contribution is 2.30. The van der Waals surface area contributed by atoms with Crippen LogP contribution in [0.1, 0.15) is 42.7 Å². The molecule has 2 amide bonds. The van der Waals surface area contributed by atoms with Crippen molar-refractivity contribution in [3.05, 3.63) is 42.4 Å². The molecular formula is C21H25N3O6S. The number of amides is 2. The third-order valence-corrected chi connectivity index (χ3v) is 6.95. The molecule has 0 bridgehead atoms. The zero-order chi connectivity index (χ0) is 22.0. The molecule has 1 aromatic carbocycles. The highest BCUT2D eigenvalue weighted by Gasteiger charge is 2.34. The number of hydrogen-bond acceptors (Lipinski definition) is 6. The van der Waals surface area contributed by atoms with Crippen LogP contribution in [0.25, 0.3) is 0 Å². The summed E-state index contributed by atoms with van der Waals surface area (Å²) in [7, 11) is -2.25. The van der Waals surface area contributed by atoms with Gasteiger partial charge in [-0.1, -0.05) is 0 Å². The normalized spacial score (nSPS) is 19.1.